The first-order valence-electron chi connectivity index (χ1n) is 10.6. The Hall–Kier alpha value is -0.530. The van der Waals surface area contributed by atoms with Crippen molar-refractivity contribution in [3.63, 3.8) is 0 Å². The second-order valence-electron chi connectivity index (χ2n) is 9.38. The van der Waals surface area contributed by atoms with Crippen molar-refractivity contribution in [2.45, 2.75) is 76.0 Å². The van der Waals surface area contributed by atoms with Gasteiger partial charge in [0.25, 0.3) is 7.44 Å². The molecule has 3 rings (SSSR count). The summed E-state index contributed by atoms with van der Waals surface area (Å²) in [6.07, 6.45) is 3.80. The molecule has 168 valence electrons. The Morgan fingerprint density at radius 1 is 1.07 bits per heavy atom. The van der Waals surface area contributed by atoms with Gasteiger partial charge < -0.3 is 14.2 Å². The van der Waals surface area contributed by atoms with Crippen LogP contribution in [0.5, 0.6) is 0 Å². The molecule has 7 nitrogen and oxygen atoms in total. The van der Waals surface area contributed by atoms with E-state index in [-0.39, 0.29) is 18.5 Å². The van der Waals surface area contributed by atoms with Gasteiger partial charge in [-0.2, -0.15) is 0 Å². The van der Waals surface area contributed by atoms with E-state index in [0.29, 0.717) is 26.3 Å². The molecule has 2 saturated carbocycles. The van der Waals surface area contributed by atoms with Crippen LogP contribution < -0.4 is 0 Å². The van der Waals surface area contributed by atoms with Crippen LogP contribution in [0.25, 0.3) is 0 Å². The van der Waals surface area contributed by atoms with Crippen molar-refractivity contribution in [2.75, 3.05) is 40.5 Å². The smallest absolute Gasteiger partial charge is 0.313 e. The van der Waals surface area contributed by atoms with Crippen molar-refractivity contribution < 1.29 is 28.0 Å². The summed E-state index contributed by atoms with van der Waals surface area (Å²) in [6, 6.07) is 0.0446. The number of esters is 1. The van der Waals surface area contributed by atoms with Gasteiger partial charge in [0.15, 0.2) is 0 Å². The van der Waals surface area contributed by atoms with Crippen LogP contribution >= 0.6 is 7.44 Å². The zero-order valence-electron chi connectivity index (χ0n) is 18.4. The summed E-state index contributed by atoms with van der Waals surface area (Å²) < 4.78 is 50.5. The largest absolute Gasteiger partial charge is 0.460 e. The van der Waals surface area contributed by atoms with E-state index in [4.69, 9.17) is 14.2 Å². The molecule has 0 aromatic rings. The first kappa shape index (κ1) is 23.1. The van der Waals surface area contributed by atoms with Crippen LogP contribution in [0.3, 0.4) is 0 Å². The van der Waals surface area contributed by atoms with Crippen molar-refractivity contribution in [2.24, 2.45) is 5.92 Å². The van der Waals surface area contributed by atoms with E-state index >= 15 is 4.39 Å². The quantitative estimate of drug-likeness (QED) is 0.428. The summed E-state index contributed by atoms with van der Waals surface area (Å²) in [7, 11) is -0.482. The second-order valence-corrected chi connectivity index (χ2v) is 12.2. The molecule has 0 unspecified atom stereocenters. The van der Waals surface area contributed by atoms with Crippen LogP contribution in [0, 0.1) is 5.92 Å². The number of nitrogens with zero attached hydrogens (tertiary/aromatic N) is 2. The normalized spacial score (nSPS) is 34.8. The lowest BCUT2D eigenvalue weighted by Crippen LogP contribution is -2.41. The van der Waals surface area contributed by atoms with Gasteiger partial charge in [-0.05, 0) is 33.6 Å². The second kappa shape index (κ2) is 8.54. The first-order valence-corrected chi connectivity index (χ1v) is 12.3. The number of carbonyl (C=O) groups is 1. The Bertz CT molecular complexity index is 629. The number of carbonyl (C=O) groups excluding carboxylic acids is 1. The van der Waals surface area contributed by atoms with Crippen LogP contribution in [-0.2, 0) is 23.6 Å². The monoisotopic (exact) mass is 434 g/mol. The lowest BCUT2D eigenvalue weighted by Gasteiger charge is -2.35. The van der Waals surface area contributed by atoms with E-state index in [1.54, 1.807) is 35.0 Å². The van der Waals surface area contributed by atoms with Crippen LogP contribution in [-0.4, -0.2) is 78.9 Å². The molecular weight excluding hydrogens is 398 g/mol. The molecule has 0 spiro atoms. The maximum atomic E-state index is 16.3. The molecule has 3 aliphatic rings. The third-order valence-corrected chi connectivity index (χ3v) is 10.1. The Labute approximate surface area is 173 Å². The molecule has 0 radical (unpaired) electrons. The number of ether oxygens (including phenoxy) is 3. The van der Waals surface area contributed by atoms with Crippen LogP contribution in [0.2, 0.25) is 0 Å². The summed E-state index contributed by atoms with van der Waals surface area (Å²) in [6.45, 7) is 6.81. The Balaban J connectivity index is 1.94. The number of fused-ring (bicyclic) bond motifs is 1. The molecule has 0 aromatic carbocycles. The maximum absolute atomic E-state index is 16.3. The average molecular weight is 434 g/mol. The van der Waals surface area contributed by atoms with E-state index in [1.807, 2.05) is 9.34 Å². The van der Waals surface area contributed by atoms with Crippen molar-refractivity contribution in [3.8, 4) is 0 Å². The molecule has 1 saturated heterocycles. The van der Waals surface area contributed by atoms with Crippen molar-refractivity contribution in [1.82, 2.24) is 9.34 Å². The predicted octanol–water partition coefficient (Wildman–Crippen LogP) is 3.43. The third-order valence-electron chi connectivity index (χ3n) is 6.24. The lowest BCUT2D eigenvalue weighted by atomic mass is 9.90. The van der Waals surface area contributed by atoms with Gasteiger partial charge >= 0.3 is 5.97 Å². The van der Waals surface area contributed by atoms with E-state index in [1.165, 1.54) is 0 Å². The van der Waals surface area contributed by atoms with E-state index in [9.17, 15) is 9.36 Å². The average Bonchev–Trinajstić information content (AvgIpc) is 3.29. The highest BCUT2D eigenvalue weighted by Crippen LogP contribution is 2.80. The minimum atomic E-state index is -3.66. The molecule has 9 heteroatoms. The fourth-order valence-corrected chi connectivity index (χ4v) is 9.05. The molecule has 0 bridgehead atoms. The highest BCUT2D eigenvalue weighted by Gasteiger charge is 2.77. The van der Waals surface area contributed by atoms with Crippen LogP contribution in [0.1, 0.15) is 52.9 Å². The minimum absolute atomic E-state index is 0.0223. The fourth-order valence-electron chi connectivity index (χ4n) is 4.92. The predicted molar refractivity (Wildman–Crippen MR) is 109 cm³/mol. The molecular formula is C20H36FN2O5P. The van der Waals surface area contributed by atoms with Gasteiger partial charge in [0.2, 0.25) is 5.41 Å². The molecule has 4 atom stereocenters. The minimum Gasteiger partial charge on any atom is -0.460 e. The highest BCUT2D eigenvalue weighted by atomic mass is 31.2. The molecule has 0 amide bonds. The summed E-state index contributed by atoms with van der Waals surface area (Å²) in [5, 5.41) is -2.08. The number of methoxy groups -OCH3 is 2. The molecule has 2 aliphatic carbocycles. The van der Waals surface area contributed by atoms with Gasteiger partial charge in [-0.15, -0.1) is 0 Å². The first-order chi connectivity index (χ1) is 13.6. The van der Waals surface area contributed by atoms with Crippen LogP contribution in [0.15, 0.2) is 0 Å². The number of rotatable bonds is 8. The maximum Gasteiger partial charge on any atom is 0.313 e. The molecule has 3 fully saturated rings. The van der Waals surface area contributed by atoms with Crippen molar-refractivity contribution in [3.05, 3.63) is 0 Å². The zero-order valence-corrected chi connectivity index (χ0v) is 19.3. The molecule has 1 heterocycles. The summed E-state index contributed by atoms with van der Waals surface area (Å²) in [5.41, 5.74) is -0.704. The summed E-state index contributed by atoms with van der Waals surface area (Å²) in [4.78, 5) is 12.6. The Kier molecular flexibility index (Phi) is 6.82. The lowest BCUT2D eigenvalue weighted by molar-refractivity contribution is -0.157. The van der Waals surface area contributed by atoms with Crippen LogP contribution in [0.4, 0.5) is 4.39 Å². The number of hydrogen-bond donors (Lipinski definition) is 0. The standard InChI is InChI=1S/C20H36FN2O5P/c1-19(2,3)28-18(24)15-14-20(15,21)29(25)22(10-12-26-4)16-8-6-7-9-17(16)23(29)11-13-27-5/h15-17H,6-14H2,1-5H3/t15-,16+,17+,20+/m1/s1. The third kappa shape index (κ3) is 4.16. The van der Waals surface area contributed by atoms with Gasteiger partial charge in [-0.25, -0.2) is 13.7 Å². The molecule has 0 aromatic heterocycles. The van der Waals surface area contributed by atoms with Gasteiger partial charge in [-0.1, -0.05) is 12.8 Å². The zero-order chi connectivity index (χ0) is 21.4. The van der Waals surface area contributed by atoms with E-state index in [0.717, 1.165) is 25.7 Å². The Morgan fingerprint density at radius 2 is 1.55 bits per heavy atom. The fraction of sp³-hybridized carbons (Fsp3) is 0.950. The van der Waals surface area contributed by atoms with Gasteiger partial charge in [0.1, 0.15) is 11.5 Å². The van der Waals surface area contributed by atoms with Crippen molar-refractivity contribution >= 4 is 13.4 Å². The summed E-state index contributed by atoms with van der Waals surface area (Å²) in [5.74, 6) is -1.58. The molecule has 29 heavy (non-hydrogen) atoms. The summed E-state index contributed by atoms with van der Waals surface area (Å²) >= 11 is 0. The molecule has 0 N–H and O–H groups in total. The highest BCUT2D eigenvalue weighted by molar-refractivity contribution is 7.61. The van der Waals surface area contributed by atoms with E-state index in [2.05, 4.69) is 0 Å². The SMILES string of the molecule is COCCN1[C@H]2CCCC[C@@H]2N(CCOC)P1(=O)[C@@]1(F)C[C@@H]1C(=O)OC(C)(C)C. The van der Waals surface area contributed by atoms with E-state index < -0.39 is 30.3 Å². The van der Waals surface area contributed by atoms with Gasteiger partial charge in [0.05, 0.1) is 13.2 Å². The topological polar surface area (TPSA) is 68.3 Å². The van der Waals surface area contributed by atoms with Crippen molar-refractivity contribution in [1.29, 1.82) is 0 Å². The van der Waals surface area contributed by atoms with Gasteiger partial charge in [0, 0.05) is 45.8 Å². The number of hydrogen-bond acceptors (Lipinski definition) is 5. The number of alkyl halides is 1. The Morgan fingerprint density at radius 3 is 1.97 bits per heavy atom. The van der Waals surface area contributed by atoms with Gasteiger partial charge in [-0.3, -0.25) is 9.36 Å². The molecule has 1 aliphatic heterocycles. The number of halogens is 1.